The number of hydrogen-bond donors (Lipinski definition) is 2. The van der Waals surface area contributed by atoms with Gasteiger partial charge >= 0.3 is 0 Å². The molecular weight excluding hydrogens is 384 g/mol. The molecule has 0 fully saturated rings. The van der Waals surface area contributed by atoms with Crippen LogP contribution < -0.4 is 14.8 Å². The fourth-order valence-corrected chi connectivity index (χ4v) is 3.28. The summed E-state index contributed by atoms with van der Waals surface area (Å²) in [5.41, 5.74) is 2.26. The average Bonchev–Trinajstić information content (AvgIpc) is 2.63. The van der Waals surface area contributed by atoms with Crippen LogP contribution in [0.15, 0.2) is 48.5 Å². The van der Waals surface area contributed by atoms with Crippen LogP contribution in [0.2, 0.25) is 5.02 Å². The minimum Gasteiger partial charge on any atom is -0.494 e. The second-order valence-electron chi connectivity index (χ2n) is 6.59. The molecule has 2 aromatic rings. The lowest BCUT2D eigenvalue weighted by Crippen LogP contribution is -2.38. The van der Waals surface area contributed by atoms with Crippen LogP contribution in [0.1, 0.15) is 24.5 Å². The van der Waals surface area contributed by atoms with Crippen molar-refractivity contribution < 1.29 is 13.2 Å². The van der Waals surface area contributed by atoms with Gasteiger partial charge in [0.15, 0.2) is 0 Å². The first-order chi connectivity index (χ1) is 12.8. The van der Waals surface area contributed by atoms with E-state index in [9.17, 15) is 8.42 Å². The fraction of sp³-hybridized carbons (Fsp3) is 0.400. The van der Waals surface area contributed by atoms with Crippen molar-refractivity contribution in [2.45, 2.75) is 32.4 Å². The molecule has 0 aliphatic carbocycles. The number of benzene rings is 2. The molecule has 1 atom stereocenters. The Morgan fingerprint density at radius 3 is 2.48 bits per heavy atom. The largest absolute Gasteiger partial charge is 0.494 e. The third kappa shape index (κ3) is 8.75. The standard InChI is InChI=1S/C20H27ClN2O3S/c1-16(14-23-27(2,24)25)22-15-17-9-11-19(12-10-17)26-13-5-7-18-6-3-4-8-20(18)21/h3-4,6,8-12,16,22-23H,5,7,13-15H2,1-2H3. The van der Waals surface area contributed by atoms with Gasteiger partial charge in [0.1, 0.15) is 5.75 Å². The van der Waals surface area contributed by atoms with Gasteiger partial charge in [0.05, 0.1) is 12.9 Å². The van der Waals surface area contributed by atoms with E-state index in [1.165, 1.54) is 0 Å². The summed E-state index contributed by atoms with van der Waals surface area (Å²) in [4.78, 5) is 0. The van der Waals surface area contributed by atoms with Gasteiger partial charge in [0.25, 0.3) is 0 Å². The Bertz CT molecular complexity index is 810. The molecule has 1 unspecified atom stereocenters. The van der Waals surface area contributed by atoms with Crippen molar-refractivity contribution in [3.05, 3.63) is 64.7 Å². The quantitative estimate of drug-likeness (QED) is 0.557. The highest BCUT2D eigenvalue weighted by molar-refractivity contribution is 7.88. The summed E-state index contributed by atoms with van der Waals surface area (Å²) in [6.45, 7) is 3.61. The Labute approximate surface area is 167 Å². The normalized spacial score (nSPS) is 12.7. The first kappa shape index (κ1) is 21.7. The lowest BCUT2D eigenvalue weighted by molar-refractivity contribution is 0.311. The minimum atomic E-state index is -3.15. The molecule has 0 heterocycles. The van der Waals surface area contributed by atoms with E-state index in [0.29, 0.717) is 19.7 Å². The highest BCUT2D eigenvalue weighted by Gasteiger charge is 2.06. The summed E-state index contributed by atoms with van der Waals surface area (Å²) >= 11 is 6.15. The second kappa shape index (κ2) is 10.7. The smallest absolute Gasteiger partial charge is 0.208 e. The van der Waals surface area contributed by atoms with Crippen LogP contribution in [0.5, 0.6) is 5.75 Å². The Hall–Kier alpha value is -1.60. The molecule has 7 heteroatoms. The number of halogens is 1. The molecule has 0 bridgehead atoms. The summed E-state index contributed by atoms with van der Waals surface area (Å²) in [6, 6.07) is 15.8. The predicted molar refractivity (Wildman–Crippen MR) is 111 cm³/mol. The lowest BCUT2D eigenvalue weighted by atomic mass is 10.1. The van der Waals surface area contributed by atoms with E-state index in [4.69, 9.17) is 16.3 Å². The fourth-order valence-electron chi connectivity index (χ4n) is 2.50. The molecule has 148 valence electrons. The number of hydrogen-bond acceptors (Lipinski definition) is 4. The summed E-state index contributed by atoms with van der Waals surface area (Å²) in [6.07, 6.45) is 2.95. The van der Waals surface area contributed by atoms with Crippen molar-refractivity contribution in [1.29, 1.82) is 0 Å². The summed E-state index contributed by atoms with van der Waals surface area (Å²) in [5, 5.41) is 4.09. The Kier molecular flexibility index (Phi) is 8.57. The maximum atomic E-state index is 11.1. The molecular formula is C20H27ClN2O3S. The summed E-state index contributed by atoms with van der Waals surface area (Å²) < 4.78 is 30.5. The number of rotatable bonds is 11. The molecule has 0 aliphatic heterocycles. The minimum absolute atomic E-state index is 0.0421. The van der Waals surface area contributed by atoms with Gasteiger partial charge in [-0.25, -0.2) is 13.1 Å². The van der Waals surface area contributed by atoms with Crippen molar-refractivity contribution in [2.75, 3.05) is 19.4 Å². The van der Waals surface area contributed by atoms with Crippen molar-refractivity contribution >= 4 is 21.6 Å². The van der Waals surface area contributed by atoms with Crippen LogP contribution in [-0.2, 0) is 23.0 Å². The Balaban J connectivity index is 1.68. The van der Waals surface area contributed by atoms with Gasteiger partial charge in [-0.3, -0.25) is 0 Å². The maximum Gasteiger partial charge on any atom is 0.208 e. The number of sulfonamides is 1. The molecule has 0 amide bonds. The molecule has 2 N–H and O–H groups in total. The van der Waals surface area contributed by atoms with Crippen LogP contribution in [-0.4, -0.2) is 33.9 Å². The molecule has 2 aromatic carbocycles. The van der Waals surface area contributed by atoms with Crippen LogP contribution in [0.3, 0.4) is 0 Å². The molecule has 0 aromatic heterocycles. The lowest BCUT2D eigenvalue weighted by Gasteiger charge is -2.14. The van der Waals surface area contributed by atoms with E-state index >= 15 is 0 Å². The molecule has 5 nitrogen and oxygen atoms in total. The monoisotopic (exact) mass is 410 g/mol. The van der Waals surface area contributed by atoms with Crippen LogP contribution in [0, 0.1) is 0 Å². The van der Waals surface area contributed by atoms with Crippen molar-refractivity contribution in [3.8, 4) is 5.75 Å². The highest BCUT2D eigenvalue weighted by atomic mass is 35.5. The Morgan fingerprint density at radius 2 is 1.81 bits per heavy atom. The van der Waals surface area contributed by atoms with Crippen molar-refractivity contribution in [1.82, 2.24) is 10.0 Å². The number of nitrogens with one attached hydrogen (secondary N) is 2. The van der Waals surface area contributed by atoms with Gasteiger partial charge in [-0.1, -0.05) is 41.9 Å². The van der Waals surface area contributed by atoms with Crippen LogP contribution in [0.25, 0.3) is 0 Å². The first-order valence-corrected chi connectivity index (χ1v) is 11.2. The number of ether oxygens (including phenoxy) is 1. The molecule has 2 rings (SSSR count). The molecule has 0 aliphatic rings. The Morgan fingerprint density at radius 1 is 1.11 bits per heavy atom. The molecule has 0 spiro atoms. The highest BCUT2D eigenvalue weighted by Crippen LogP contribution is 2.17. The van der Waals surface area contributed by atoms with E-state index in [0.717, 1.165) is 41.0 Å². The molecule has 0 saturated heterocycles. The van der Waals surface area contributed by atoms with Crippen molar-refractivity contribution in [3.63, 3.8) is 0 Å². The SMILES string of the molecule is CC(CNS(C)(=O)=O)NCc1ccc(OCCCc2ccccc2Cl)cc1. The number of aryl methyl sites for hydroxylation is 1. The zero-order valence-corrected chi connectivity index (χ0v) is 17.3. The third-order valence-corrected chi connectivity index (χ3v) is 5.11. The topological polar surface area (TPSA) is 67.4 Å². The second-order valence-corrected chi connectivity index (χ2v) is 8.83. The first-order valence-electron chi connectivity index (χ1n) is 8.96. The average molecular weight is 411 g/mol. The van der Waals surface area contributed by atoms with Gasteiger partial charge in [-0.15, -0.1) is 0 Å². The molecule has 27 heavy (non-hydrogen) atoms. The van der Waals surface area contributed by atoms with Gasteiger partial charge in [0.2, 0.25) is 10.0 Å². The van der Waals surface area contributed by atoms with Gasteiger partial charge in [-0.2, -0.15) is 0 Å². The molecule has 0 radical (unpaired) electrons. The summed E-state index contributed by atoms with van der Waals surface area (Å²) in [7, 11) is -3.15. The summed E-state index contributed by atoms with van der Waals surface area (Å²) in [5.74, 6) is 0.838. The van der Waals surface area contributed by atoms with Gasteiger partial charge in [-0.05, 0) is 49.1 Å². The zero-order chi connectivity index (χ0) is 19.7. The van der Waals surface area contributed by atoms with E-state index in [-0.39, 0.29) is 6.04 Å². The predicted octanol–water partition coefficient (Wildman–Crippen LogP) is 3.38. The maximum absolute atomic E-state index is 11.1. The molecule has 0 saturated carbocycles. The van der Waals surface area contributed by atoms with E-state index in [2.05, 4.69) is 10.0 Å². The zero-order valence-electron chi connectivity index (χ0n) is 15.7. The van der Waals surface area contributed by atoms with Gasteiger partial charge in [0, 0.05) is 24.2 Å². The van der Waals surface area contributed by atoms with E-state index < -0.39 is 10.0 Å². The van der Waals surface area contributed by atoms with Crippen LogP contribution in [0.4, 0.5) is 0 Å². The van der Waals surface area contributed by atoms with Crippen molar-refractivity contribution in [2.24, 2.45) is 0 Å². The van der Waals surface area contributed by atoms with Gasteiger partial charge < -0.3 is 10.1 Å². The van der Waals surface area contributed by atoms with E-state index in [1.807, 2.05) is 55.5 Å². The van der Waals surface area contributed by atoms with Crippen LogP contribution >= 0.6 is 11.6 Å². The third-order valence-electron chi connectivity index (χ3n) is 4.05. The van der Waals surface area contributed by atoms with E-state index in [1.54, 1.807) is 0 Å².